The number of methoxy groups -OCH3 is 2. The summed E-state index contributed by atoms with van der Waals surface area (Å²) in [6.45, 7) is 1.98. The average molecular weight is 377 g/mol. The molecule has 138 valence electrons. The third-order valence-electron chi connectivity index (χ3n) is 3.80. The van der Waals surface area contributed by atoms with Crippen LogP contribution in [0, 0.1) is 0 Å². The van der Waals surface area contributed by atoms with E-state index in [0.29, 0.717) is 27.8 Å². The number of hydrogen-bond donors (Lipinski definition) is 1. The van der Waals surface area contributed by atoms with E-state index in [1.165, 1.54) is 18.9 Å². The zero-order valence-electron chi connectivity index (χ0n) is 14.9. The van der Waals surface area contributed by atoms with Crippen molar-refractivity contribution in [2.45, 2.75) is 6.92 Å². The van der Waals surface area contributed by atoms with E-state index in [-0.39, 0.29) is 24.9 Å². The summed E-state index contributed by atoms with van der Waals surface area (Å²) in [7, 11) is 3.08. The van der Waals surface area contributed by atoms with Crippen molar-refractivity contribution in [3.8, 4) is 11.5 Å². The van der Waals surface area contributed by atoms with Gasteiger partial charge < -0.3 is 19.7 Å². The SMILES string of the molecule is COc1ccc(OC)c(N(CCNC(=O)c2ccccc2Cl)C(C)=O)c1. The summed E-state index contributed by atoms with van der Waals surface area (Å²) < 4.78 is 10.6. The van der Waals surface area contributed by atoms with Crippen molar-refractivity contribution in [3.05, 3.63) is 53.1 Å². The molecule has 7 heteroatoms. The number of halogens is 1. The first kappa shape index (κ1) is 19.6. The Morgan fingerprint density at radius 1 is 1.12 bits per heavy atom. The fourth-order valence-electron chi connectivity index (χ4n) is 2.48. The van der Waals surface area contributed by atoms with Crippen molar-refractivity contribution in [1.29, 1.82) is 0 Å². The maximum Gasteiger partial charge on any atom is 0.252 e. The van der Waals surface area contributed by atoms with Gasteiger partial charge in [0.1, 0.15) is 11.5 Å². The fourth-order valence-corrected chi connectivity index (χ4v) is 2.70. The highest BCUT2D eigenvalue weighted by atomic mass is 35.5. The van der Waals surface area contributed by atoms with E-state index >= 15 is 0 Å². The lowest BCUT2D eigenvalue weighted by Crippen LogP contribution is -2.37. The molecule has 2 rings (SSSR count). The molecule has 0 aliphatic heterocycles. The van der Waals surface area contributed by atoms with Crippen molar-refractivity contribution in [2.75, 3.05) is 32.2 Å². The van der Waals surface area contributed by atoms with Crippen LogP contribution in [0.25, 0.3) is 0 Å². The third-order valence-corrected chi connectivity index (χ3v) is 4.13. The molecule has 0 saturated heterocycles. The van der Waals surface area contributed by atoms with Gasteiger partial charge in [-0.25, -0.2) is 0 Å². The Morgan fingerprint density at radius 3 is 2.46 bits per heavy atom. The molecular weight excluding hydrogens is 356 g/mol. The van der Waals surface area contributed by atoms with Gasteiger partial charge in [0.15, 0.2) is 0 Å². The molecule has 0 atom stereocenters. The van der Waals surface area contributed by atoms with Gasteiger partial charge in [0, 0.05) is 26.1 Å². The molecule has 6 nitrogen and oxygen atoms in total. The summed E-state index contributed by atoms with van der Waals surface area (Å²) in [4.78, 5) is 25.9. The molecule has 26 heavy (non-hydrogen) atoms. The van der Waals surface area contributed by atoms with Gasteiger partial charge in [-0.3, -0.25) is 9.59 Å². The summed E-state index contributed by atoms with van der Waals surface area (Å²) >= 11 is 6.02. The van der Waals surface area contributed by atoms with Crippen molar-refractivity contribution in [2.24, 2.45) is 0 Å². The minimum Gasteiger partial charge on any atom is -0.497 e. The van der Waals surface area contributed by atoms with Crippen LogP contribution in [0.5, 0.6) is 11.5 Å². The quantitative estimate of drug-likeness (QED) is 0.806. The van der Waals surface area contributed by atoms with Crippen LogP contribution in [0.2, 0.25) is 5.02 Å². The summed E-state index contributed by atoms with van der Waals surface area (Å²) in [5.41, 5.74) is 0.967. The lowest BCUT2D eigenvalue weighted by atomic mass is 10.2. The predicted molar refractivity (Wildman–Crippen MR) is 101 cm³/mol. The van der Waals surface area contributed by atoms with Crippen LogP contribution >= 0.6 is 11.6 Å². The van der Waals surface area contributed by atoms with Gasteiger partial charge in [-0.05, 0) is 24.3 Å². The topological polar surface area (TPSA) is 67.9 Å². The Morgan fingerprint density at radius 2 is 1.85 bits per heavy atom. The average Bonchev–Trinajstić information content (AvgIpc) is 2.64. The van der Waals surface area contributed by atoms with Crippen LogP contribution in [0.15, 0.2) is 42.5 Å². The lowest BCUT2D eigenvalue weighted by Gasteiger charge is -2.24. The smallest absolute Gasteiger partial charge is 0.252 e. The number of rotatable bonds is 7. The first-order valence-electron chi connectivity index (χ1n) is 8.00. The van der Waals surface area contributed by atoms with Crippen LogP contribution < -0.4 is 19.7 Å². The Kier molecular flexibility index (Phi) is 6.86. The molecular formula is C19H21ClN2O4. The predicted octanol–water partition coefficient (Wildman–Crippen LogP) is 3.14. The van der Waals surface area contributed by atoms with Gasteiger partial charge in [0.05, 0.1) is 30.5 Å². The zero-order chi connectivity index (χ0) is 19.1. The molecule has 0 fully saturated rings. The Balaban J connectivity index is 2.11. The molecule has 0 spiro atoms. The first-order valence-corrected chi connectivity index (χ1v) is 8.38. The van der Waals surface area contributed by atoms with Crippen LogP contribution in [0.4, 0.5) is 5.69 Å². The summed E-state index contributed by atoms with van der Waals surface area (Å²) in [5, 5.41) is 3.15. The van der Waals surface area contributed by atoms with E-state index in [9.17, 15) is 9.59 Å². The first-order chi connectivity index (χ1) is 12.5. The second-order valence-corrected chi connectivity index (χ2v) is 5.85. The number of carbonyl (C=O) groups excluding carboxylic acids is 2. The normalized spacial score (nSPS) is 10.2. The van der Waals surface area contributed by atoms with Crippen molar-refractivity contribution < 1.29 is 19.1 Å². The van der Waals surface area contributed by atoms with E-state index < -0.39 is 0 Å². The molecule has 2 amide bonds. The molecule has 0 unspecified atom stereocenters. The molecule has 0 heterocycles. The zero-order valence-corrected chi connectivity index (χ0v) is 15.7. The second kappa shape index (κ2) is 9.10. The van der Waals surface area contributed by atoms with Crippen LogP contribution in [0.3, 0.4) is 0 Å². The number of nitrogens with one attached hydrogen (secondary N) is 1. The summed E-state index contributed by atoms with van der Waals surface area (Å²) in [6.07, 6.45) is 0. The minimum atomic E-state index is -0.295. The van der Waals surface area contributed by atoms with Gasteiger partial charge in [-0.2, -0.15) is 0 Å². The van der Waals surface area contributed by atoms with E-state index in [1.54, 1.807) is 49.6 Å². The van der Waals surface area contributed by atoms with Gasteiger partial charge in [0.2, 0.25) is 5.91 Å². The molecule has 1 N–H and O–H groups in total. The fraction of sp³-hybridized carbons (Fsp3) is 0.263. The molecule has 0 aliphatic carbocycles. The Hall–Kier alpha value is -2.73. The molecule has 0 bridgehead atoms. The highest BCUT2D eigenvalue weighted by Gasteiger charge is 2.18. The molecule has 0 saturated carbocycles. The van der Waals surface area contributed by atoms with E-state index in [0.717, 1.165) is 0 Å². The third kappa shape index (κ3) is 4.67. The summed E-state index contributed by atoms with van der Waals surface area (Å²) in [5.74, 6) is 0.672. The molecule has 2 aromatic carbocycles. The Labute approximate surface area is 157 Å². The van der Waals surface area contributed by atoms with Crippen LogP contribution in [-0.4, -0.2) is 39.1 Å². The number of carbonyl (C=O) groups is 2. The highest BCUT2D eigenvalue weighted by Crippen LogP contribution is 2.32. The van der Waals surface area contributed by atoms with Crippen LogP contribution in [0.1, 0.15) is 17.3 Å². The van der Waals surface area contributed by atoms with E-state index in [4.69, 9.17) is 21.1 Å². The highest BCUT2D eigenvalue weighted by molar-refractivity contribution is 6.33. The maximum absolute atomic E-state index is 12.2. The number of hydrogen-bond acceptors (Lipinski definition) is 4. The van der Waals surface area contributed by atoms with Crippen molar-refractivity contribution >= 4 is 29.1 Å². The number of nitrogens with zero attached hydrogens (tertiary/aromatic N) is 1. The Bertz CT molecular complexity index is 795. The lowest BCUT2D eigenvalue weighted by molar-refractivity contribution is -0.116. The maximum atomic E-state index is 12.2. The van der Waals surface area contributed by atoms with Crippen molar-refractivity contribution in [1.82, 2.24) is 5.32 Å². The monoisotopic (exact) mass is 376 g/mol. The number of benzene rings is 2. The van der Waals surface area contributed by atoms with E-state index in [1.807, 2.05) is 0 Å². The van der Waals surface area contributed by atoms with E-state index in [2.05, 4.69) is 5.32 Å². The molecule has 0 radical (unpaired) electrons. The van der Waals surface area contributed by atoms with Crippen LogP contribution in [-0.2, 0) is 4.79 Å². The molecule has 0 aliphatic rings. The van der Waals surface area contributed by atoms with Gasteiger partial charge in [-0.1, -0.05) is 23.7 Å². The largest absolute Gasteiger partial charge is 0.497 e. The second-order valence-electron chi connectivity index (χ2n) is 5.44. The molecule has 0 aromatic heterocycles. The number of anilines is 1. The van der Waals surface area contributed by atoms with Gasteiger partial charge >= 0.3 is 0 Å². The minimum absolute atomic E-state index is 0.177. The van der Waals surface area contributed by atoms with Gasteiger partial charge in [-0.15, -0.1) is 0 Å². The number of amides is 2. The number of ether oxygens (including phenoxy) is 2. The molecule has 2 aromatic rings. The standard InChI is InChI=1S/C19H21ClN2O4/c1-13(23)22(17-12-14(25-2)8-9-18(17)26-3)11-10-21-19(24)15-6-4-5-7-16(15)20/h4-9,12H,10-11H2,1-3H3,(H,21,24). The summed E-state index contributed by atoms with van der Waals surface area (Å²) in [6, 6.07) is 12.0. The van der Waals surface area contributed by atoms with Gasteiger partial charge in [0.25, 0.3) is 5.91 Å². The van der Waals surface area contributed by atoms with Crippen molar-refractivity contribution in [3.63, 3.8) is 0 Å².